The van der Waals surface area contributed by atoms with Crippen LogP contribution in [-0.2, 0) is 33.9 Å². The first kappa shape index (κ1) is 32.9. The van der Waals surface area contributed by atoms with Crippen LogP contribution in [0, 0.1) is 5.82 Å². The van der Waals surface area contributed by atoms with E-state index in [-0.39, 0.29) is 29.8 Å². The predicted molar refractivity (Wildman–Crippen MR) is 181 cm³/mol. The average molecular weight is 650 g/mol. The predicted octanol–water partition coefficient (Wildman–Crippen LogP) is 4.90. The second-order valence-electron chi connectivity index (χ2n) is 11.7. The molecule has 0 aliphatic carbocycles. The lowest BCUT2D eigenvalue weighted by Gasteiger charge is -2.26. The molecule has 13 heteroatoms. The van der Waals surface area contributed by atoms with Crippen molar-refractivity contribution in [1.82, 2.24) is 19.4 Å². The summed E-state index contributed by atoms with van der Waals surface area (Å²) in [6, 6.07) is 8.13. The number of benzene rings is 2. The van der Waals surface area contributed by atoms with E-state index in [1.165, 1.54) is 18.2 Å². The number of methoxy groups -OCH3 is 1. The number of sulfone groups is 1. The van der Waals surface area contributed by atoms with Gasteiger partial charge in [0, 0.05) is 67.9 Å². The number of hydrogen-bond donors (Lipinski definition) is 2. The number of fused-ring (bicyclic) bond motifs is 2. The van der Waals surface area contributed by atoms with Crippen molar-refractivity contribution in [3.8, 4) is 17.0 Å². The second-order valence-corrected chi connectivity index (χ2v) is 13.9. The third-order valence-electron chi connectivity index (χ3n) is 7.93. The number of ether oxygens (including phenoxy) is 1. The number of allylic oxidation sites excluding steroid dienone is 1. The molecule has 244 valence electrons. The molecule has 0 radical (unpaired) electrons. The molecule has 0 saturated carbocycles. The van der Waals surface area contributed by atoms with E-state index in [9.17, 15) is 17.6 Å². The fourth-order valence-electron chi connectivity index (χ4n) is 5.51. The van der Waals surface area contributed by atoms with Gasteiger partial charge in [0.05, 0.1) is 47.1 Å². The van der Waals surface area contributed by atoms with Crippen LogP contribution < -0.4 is 20.3 Å². The third-order valence-corrected chi connectivity index (χ3v) is 9.49. The maximum atomic E-state index is 14.4. The number of nitrogens with one attached hydrogen (secondary N) is 2. The first-order chi connectivity index (χ1) is 21.9. The molecule has 2 aromatic carbocycles. The van der Waals surface area contributed by atoms with Crippen molar-refractivity contribution >= 4 is 49.7 Å². The van der Waals surface area contributed by atoms with Gasteiger partial charge in [0.15, 0.2) is 9.84 Å². The number of likely N-dealkylation sites (N-methyl/N-ethyl adjacent to an activating group) is 2. The highest BCUT2D eigenvalue weighted by atomic mass is 32.2. The Kier molecular flexibility index (Phi) is 9.63. The van der Waals surface area contributed by atoms with Crippen molar-refractivity contribution in [2.24, 2.45) is 7.05 Å². The van der Waals surface area contributed by atoms with Crippen LogP contribution in [0.5, 0.6) is 5.75 Å². The molecule has 1 aliphatic heterocycles. The molecule has 3 heterocycles. The number of carbonyl (C=O) groups is 1. The number of aryl methyl sites for hydroxylation is 2. The molecule has 5 rings (SSSR count). The summed E-state index contributed by atoms with van der Waals surface area (Å²) in [5.41, 5.74) is 4.74. The SMILES string of the molecule is CC/C=C\C(=O)Nc1cc(Nc2nc3c(c(-c4cn(C)c5ccc(F)cc45)n2)CS(=O)(=O)CC3)c(OC)cc1N(C)CCN(C)C. The largest absolute Gasteiger partial charge is 0.494 e. The highest BCUT2D eigenvalue weighted by molar-refractivity contribution is 7.90. The monoisotopic (exact) mass is 649 g/mol. The summed E-state index contributed by atoms with van der Waals surface area (Å²) in [5.74, 6) is -0.195. The second kappa shape index (κ2) is 13.5. The fraction of sp³-hybridized carbons (Fsp3) is 0.364. The summed E-state index contributed by atoms with van der Waals surface area (Å²) in [7, 11) is 5.98. The molecule has 0 fully saturated rings. The van der Waals surface area contributed by atoms with E-state index in [0.29, 0.717) is 51.6 Å². The van der Waals surface area contributed by atoms with Gasteiger partial charge in [-0.25, -0.2) is 22.8 Å². The summed E-state index contributed by atoms with van der Waals surface area (Å²) in [6.07, 6.45) is 6.06. The van der Waals surface area contributed by atoms with Crippen LogP contribution in [0.1, 0.15) is 24.6 Å². The number of anilines is 4. The molecule has 0 saturated heterocycles. The van der Waals surface area contributed by atoms with Gasteiger partial charge in [-0.15, -0.1) is 0 Å². The lowest BCUT2D eigenvalue weighted by molar-refractivity contribution is -0.111. The molecule has 11 nitrogen and oxygen atoms in total. The van der Waals surface area contributed by atoms with Crippen molar-refractivity contribution in [3.05, 3.63) is 65.8 Å². The maximum Gasteiger partial charge on any atom is 0.248 e. The van der Waals surface area contributed by atoms with Gasteiger partial charge in [-0.1, -0.05) is 13.0 Å². The highest BCUT2D eigenvalue weighted by Gasteiger charge is 2.29. The molecule has 46 heavy (non-hydrogen) atoms. The number of halogens is 1. The van der Waals surface area contributed by atoms with Gasteiger partial charge < -0.3 is 29.7 Å². The summed E-state index contributed by atoms with van der Waals surface area (Å²) in [4.78, 5) is 26.5. The molecule has 1 aliphatic rings. The minimum atomic E-state index is -3.37. The molecule has 4 aromatic rings. The number of nitrogens with zero attached hydrogens (tertiary/aromatic N) is 5. The van der Waals surface area contributed by atoms with Crippen molar-refractivity contribution < 1.29 is 22.3 Å². The van der Waals surface area contributed by atoms with Gasteiger partial charge >= 0.3 is 0 Å². The van der Waals surface area contributed by atoms with E-state index in [0.717, 1.165) is 24.2 Å². The summed E-state index contributed by atoms with van der Waals surface area (Å²) >= 11 is 0. The van der Waals surface area contributed by atoms with E-state index < -0.39 is 15.7 Å². The standard InChI is InChI=1S/C33H40FN7O4S/c1-7-8-9-31(42)35-26-17-27(30(45-6)18-29(26)40(4)14-13-39(2)3)37-33-36-25-12-15-46(43,44)20-24(25)32(38-33)23-19-41(5)28-11-10-21(34)16-22(23)28/h8-11,16-19H,7,12-15,20H2,1-6H3,(H,35,42)(H,36,37,38)/b9-8-. The molecule has 0 unspecified atom stereocenters. The van der Waals surface area contributed by atoms with E-state index in [1.807, 2.05) is 56.8 Å². The summed E-state index contributed by atoms with van der Waals surface area (Å²) in [5, 5.41) is 6.88. The van der Waals surface area contributed by atoms with E-state index >= 15 is 0 Å². The molecule has 0 spiro atoms. The molecule has 0 bridgehead atoms. The van der Waals surface area contributed by atoms with Gasteiger partial charge in [-0.2, -0.15) is 0 Å². The Balaban J connectivity index is 1.63. The highest BCUT2D eigenvalue weighted by Crippen LogP contribution is 2.40. The van der Waals surface area contributed by atoms with Crippen LogP contribution >= 0.6 is 0 Å². The lowest BCUT2D eigenvalue weighted by Crippen LogP contribution is -2.29. The molecular formula is C33H40FN7O4S. The Morgan fingerprint density at radius 2 is 1.91 bits per heavy atom. The van der Waals surface area contributed by atoms with Crippen molar-refractivity contribution in [2.45, 2.75) is 25.5 Å². The Morgan fingerprint density at radius 3 is 2.63 bits per heavy atom. The maximum absolute atomic E-state index is 14.4. The van der Waals surface area contributed by atoms with Crippen molar-refractivity contribution in [3.63, 3.8) is 0 Å². The topological polar surface area (TPSA) is 122 Å². The Labute approximate surface area is 269 Å². The minimum absolute atomic E-state index is 0.0290. The van der Waals surface area contributed by atoms with Gasteiger partial charge in [0.1, 0.15) is 11.6 Å². The van der Waals surface area contributed by atoms with Gasteiger partial charge in [0.25, 0.3) is 0 Å². The number of hydrogen-bond acceptors (Lipinski definition) is 9. The number of aromatic nitrogens is 3. The zero-order chi connectivity index (χ0) is 33.2. The lowest BCUT2D eigenvalue weighted by atomic mass is 10.0. The fourth-order valence-corrected chi connectivity index (χ4v) is 6.90. The zero-order valence-electron chi connectivity index (χ0n) is 27.0. The van der Waals surface area contributed by atoms with Crippen molar-refractivity contribution in [2.75, 3.05) is 62.6 Å². The Bertz CT molecular complexity index is 1920. The molecule has 2 aromatic heterocycles. The molecule has 1 amide bonds. The van der Waals surface area contributed by atoms with Gasteiger partial charge in [-0.3, -0.25) is 4.79 Å². The first-order valence-corrected chi connectivity index (χ1v) is 16.9. The van der Waals surface area contributed by atoms with Crippen LogP contribution in [0.3, 0.4) is 0 Å². The normalized spacial score (nSPS) is 14.1. The molecule has 2 N–H and O–H groups in total. The molecule has 0 atom stereocenters. The summed E-state index contributed by atoms with van der Waals surface area (Å²) in [6.45, 7) is 3.44. The van der Waals surface area contributed by atoms with Crippen LogP contribution in [0.4, 0.5) is 27.4 Å². The summed E-state index contributed by atoms with van der Waals surface area (Å²) < 4.78 is 47.6. The van der Waals surface area contributed by atoms with Crippen LogP contribution in [0.2, 0.25) is 0 Å². The van der Waals surface area contributed by atoms with Gasteiger partial charge in [0.2, 0.25) is 11.9 Å². The van der Waals surface area contributed by atoms with E-state index in [4.69, 9.17) is 14.7 Å². The van der Waals surface area contributed by atoms with E-state index in [2.05, 4.69) is 15.5 Å². The third kappa shape index (κ3) is 7.15. The van der Waals surface area contributed by atoms with Crippen molar-refractivity contribution in [1.29, 1.82) is 0 Å². The quantitative estimate of drug-likeness (QED) is 0.219. The van der Waals surface area contributed by atoms with Crippen LogP contribution in [-0.4, -0.2) is 80.9 Å². The first-order valence-electron chi connectivity index (χ1n) is 15.1. The molecular weight excluding hydrogens is 609 g/mol. The number of carbonyl (C=O) groups excluding carboxylic acids is 1. The number of rotatable bonds is 11. The average Bonchev–Trinajstić information content (AvgIpc) is 3.33. The number of amides is 1. The van der Waals surface area contributed by atoms with Crippen LogP contribution in [0.25, 0.3) is 22.2 Å². The van der Waals surface area contributed by atoms with E-state index in [1.54, 1.807) is 25.3 Å². The van der Waals surface area contributed by atoms with Gasteiger partial charge in [-0.05, 0) is 50.9 Å². The Hall–Kier alpha value is -4.49. The minimum Gasteiger partial charge on any atom is -0.494 e. The smallest absolute Gasteiger partial charge is 0.248 e. The Morgan fingerprint density at radius 1 is 1.13 bits per heavy atom. The van der Waals surface area contributed by atoms with Crippen LogP contribution in [0.15, 0.2) is 48.7 Å². The zero-order valence-corrected chi connectivity index (χ0v) is 27.8.